The second kappa shape index (κ2) is 3.38. The van der Waals surface area contributed by atoms with Crippen molar-refractivity contribution in [3.8, 4) is 0 Å². The van der Waals surface area contributed by atoms with E-state index in [4.69, 9.17) is 0 Å². The Labute approximate surface area is 87.7 Å². The van der Waals surface area contributed by atoms with E-state index in [1.54, 1.807) is 0 Å². The van der Waals surface area contributed by atoms with Gasteiger partial charge in [-0.15, -0.1) is 0 Å². The molecule has 1 aromatic rings. The van der Waals surface area contributed by atoms with Crippen LogP contribution in [0.3, 0.4) is 0 Å². The summed E-state index contributed by atoms with van der Waals surface area (Å²) in [5.74, 6) is -0.379. The zero-order chi connectivity index (χ0) is 11.0. The number of benzene rings is 1. The van der Waals surface area contributed by atoms with Crippen molar-refractivity contribution in [2.75, 3.05) is 5.32 Å². The van der Waals surface area contributed by atoms with Crippen molar-refractivity contribution in [2.45, 2.75) is 19.9 Å². The van der Waals surface area contributed by atoms with Crippen LogP contribution in [0, 0.1) is 6.92 Å². The molecule has 0 saturated heterocycles. The summed E-state index contributed by atoms with van der Waals surface area (Å²) in [5, 5.41) is 5.35. The Balaban J connectivity index is 2.39. The van der Waals surface area contributed by atoms with Gasteiger partial charge in [-0.2, -0.15) is 0 Å². The highest BCUT2D eigenvalue weighted by Gasteiger charge is 2.30. The third-order valence-corrected chi connectivity index (χ3v) is 2.39. The van der Waals surface area contributed by atoms with Crippen LogP contribution in [-0.4, -0.2) is 11.8 Å². The highest BCUT2D eigenvalue weighted by Crippen LogP contribution is 2.31. The maximum atomic E-state index is 11.6. The van der Waals surface area contributed by atoms with E-state index in [0.717, 1.165) is 16.8 Å². The van der Waals surface area contributed by atoms with Crippen molar-refractivity contribution in [1.29, 1.82) is 0 Å². The zero-order valence-corrected chi connectivity index (χ0v) is 8.63. The Hall–Kier alpha value is -1.84. The highest BCUT2D eigenvalue weighted by atomic mass is 16.2. The maximum Gasteiger partial charge on any atom is 0.251 e. The van der Waals surface area contributed by atoms with Crippen LogP contribution in [0.25, 0.3) is 0 Å². The molecule has 4 heteroatoms. The van der Waals surface area contributed by atoms with Gasteiger partial charge in [0.2, 0.25) is 5.91 Å². The quantitative estimate of drug-likeness (QED) is 0.720. The molecule has 15 heavy (non-hydrogen) atoms. The minimum atomic E-state index is -0.544. The summed E-state index contributed by atoms with van der Waals surface area (Å²) in [7, 11) is 0. The third-order valence-electron chi connectivity index (χ3n) is 2.39. The number of carbonyl (C=O) groups is 2. The fraction of sp³-hybridized carbons (Fsp3) is 0.273. The molecule has 0 spiro atoms. The van der Waals surface area contributed by atoms with E-state index in [1.807, 2.05) is 25.1 Å². The second-order valence-corrected chi connectivity index (χ2v) is 3.71. The molecule has 0 aliphatic carbocycles. The van der Waals surface area contributed by atoms with Crippen molar-refractivity contribution in [2.24, 2.45) is 0 Å². The normalized spacial score (nSPS) is 18.3. The van der Waals surface area contributed by atoms with Crippen LogP contribution in [-0.2, 0) is 9.59 Å². The van der Waals surface area contributed by atoms with E-state index in [1.165, 1.54) is 6.92 Å². The van der Waals surface area contributed by atoms with Gasteiger partial charge in [0.1, 0.15) is 6.04 Å². The molecule has 1 atom stereocenters. The smallest absolute Gasteiger partial charge is 0.251 e. The molecule has 0 aromatic heterocycles. The minimum absolute atomic E-state index is 0.175. The lowest BCUT2D eigenvalue weighted by Crippen LogP contribution is -2.30. The number of aryl methyl sites for hydroxylation is 1. The molecule has 2 rings (SSSR count). The largest absolute Gasteiger partial charge is 0.341 e. The summed E-state index contributed by atoms with van der Waals surface area (Å²) in [6.07, 6.45) is 0. The number of rotatable bonds is 1. The molecule has 0 fully saturated rings. The average molecular weight is 204 g/mol. The van der Waals surface area contributed by atoms with Gasteiger partial charge in [-0.25, -0.2) is 0 Å². The number of amides is 2. The van der Waals surface area contributed by atoms with Gasteiger partial charge in [0.25, 0.3) is 5.91 Å². The van der Waals surface area contributed by atoms with E-state index in [-0.39, 0.29) is 11.8 Å². The van der Waals surface area contributed by atoms with Crippen LogP contribution < -0.4 is 10.6 Å². The maximum absolute atomic E-state index is 11.6. The number of hydrogen-bond acceptors (Lipinski definition) is 2. The summed E-state index contributed by atoms with van der Waals surface area (Å²) in [6, 6.07) is 5.14. The van der Waals surface area contributed by atoms with E-state index >= 15 is 0 Å². The highest BCUT2D eigenvalue weighted by molar-refractivity contribution is 6.04. The summed E-state index contributed by atoms with van der Waals surface area (Å²) in [4.78, 5) is 22.5. The molecule has 0 saturated carbocycles. The van der Waals surface area contributed by atoms with Gasteiger partial charge in [0, 0.05) is 18.2 Å². The van der Waals surface area contributed by atoms with Gasteiger partial charge in [-0.05, 0) is 13.0 Å². The predicted molar refractivity (Wildman–Crippen MR) is 56.4 cm³/mol. The van der Waals surface area contributed by atoms with E-state index < -0.39 is 6.04 Å². The standard InChI is InChI=1S/C11H12N2O2/c1-6-3-4-9-8(5-6)10(11(15)13-9)12-7(2)14/h3-5,10H,1-2H3,(H,12,14)(H,13,15)/t10-/m1/s1. The van der Waals surface area contributed by atoms with Crippen LogP contribution >= 0.6 is 0 Å². The molecule has 0 unspecified atom stereocenters. The van der Waals surface area contributed by atoms with Crippen molar-refractivity contribution >= 4 is 17.5 Å². The van der Waals surface area contributed by atoms with Gasteiger partial charge in [0.15, 0.2) is 0 Å². The molecule has 1 aliphatic heterocycles. The Morgan fingerprint density at radius 2 is 2.20 bits per heavy atom. The monoisotopic (exact) mass is 204 g/mol. The Bertz CT molecular complexity index is 440. The third kappa shape index (κ3) is 1.70. The van der Waals surface area contributed by atoms with Crippen LogP contribution in [0.5, 0.6) is 0 Å². The van der Waals surface area contributed by atoms with Gasteiger partial charge < -0.3 is 10.6 Å². The van der Waals surface area contributed by atoms with Gasteiger partial charge >= 0.3 is 0 Å². The first-order valence-corrected chi connectivity index (χ1v) is 4.76. The lowest BCUT2D eigenvalue weighted by Gasteiger charge is -2.09. The number of carbonyl (C=O) groups excluding carboxylic acids is 2. The number of fused-ring (bicyclic) bond motifs is 1. The minimum Gasteiger partial charge on any atom is -0.341 e. The molecular weight excluding hydrogens is 192 g/mol. The van der Waals surface area contributed by atoms with Gasteiger partial charge in [0.05, 0.1) is 0 Å². The predicted octanol–water partition coefficient (Wildman–Crippen LogP) is 1.12. The van der Waals surface area contributed by atoms with Gasteiger partial charge in [-0.1, -0.05) is 17.7 Å². The molecular formula is C11H12N2O2. The Morgan fingerprint density at radius 3 is 2.87 bits per heavy atom. The molecule has 4 nitrogen and oxygen atoms in total. The second-order valence-electron chi connectivity index (χ2n) is 3.71. The van der Waals surface area contributed by atoms with Crippen LogP contribution in [0.2, 0.25) is 0 Å². The van der Waals surface area contributed by atoms with Crippen molar-refractivity contribution in [3.63, 3.8) is 0 Å². The first kappa shape index (κ1) is 9.71. The summed E-state index contributed by atoms with van der Waals surface area (Å²) >= 11 is 0. The van der Waals surface area contributed by atoms with E-state index in [2.05, 4.69) is 10.6 Å². The molecule has 78 valence electrons. The zero-order valence-electron chi connectivity index (χ0n) is 8.63. The van der Waals surface area contributed by atoms with Gasteiger partial charge in [-0.3, -0.25) is 9.59 Å². The number of hydrogen-bond donors (Lipinski definition) is 2. The topological polar surface area (TPSA) is 58.2 Å². The molecule has 2 N–H and O–H groups in total. The van der Waals surface area contributed by atoms with Crippen molar-refractivity contribution in [3.05, 3.63) is 29.3 Å². The summed E-state index contributed by atoms with van der Waals surface area (Å²) in [6.45, 7) is 3.36. The number of anilines is 1. The molecule has 1 aromatic carbocycles. The first-order valence-electron chi connectivity index (χ1n) is 4.76. The average Bonchev–Trinajstić information content (AvgIpc) is 2.43. The molecule has 1 aliphatic rings. The van der Waals surface area contributed by atoms with Crippen molar-refractivity contribution in [1.82, 2.24) is 5.32 Å². The molecule has 1 heterocycles. The summed E-state index contributed by atoms with van der Waals surface area (Å²) < 4.78 is 0. The fourth-order valence-electron chi connectivity index (χ4n) is 1.73. The molecule has 0 bridgehead atoms. The Morgan fingerprint density at radius 1 is 1.47 bits per heavy atom. The summed E-state index contributed by atoms with van der Waals surface area (Å²) in [5.41, 5.74) is 2.69. The van der Waals surface area contributed by atoms with Crippen molar-refractivity contribution < 1.29 is 9.59 Å². The van der Waals surface area contributed by atoms with Crippen LogP contribution in [0.4, 0.5) is 5.69 Å². The van der Waals surface area contributed by atoms with Crippen LogP contribution in [0.15, 0.2) is 18.2 Å². The first-order chi connectivity index (χ1) is 7.08. The lowest BCUT2D eigenvalue weighted by molar-refractivity contribution is -0.124. The Kier molecular flexibility index (Phi) is 2.19. The van der Waals surface area contributed by atoms with E-state index in [9.17, 15) is 9.59 Å². The fourth-order valence-corrected chi connectivity index (χ4v) is 1.73. The molecule has 0 radical (unpaired) electrons. The SMILES string of the molecule is CC(=O)N[C@H]1C(=O)Nc2ccc(C)cc21. The van der Waals surface area contributed by atoms with E-state index in [0.29, 0.717) is 0 Å². The lowest BCUT2D eigenvalue weighted by atomic mass is 10.1. The molecule has 2 amide bonds. The number of nitrogens with one attached hydrogen (secondary N) is 2. The van der Waals surface area contributed by atoms with Crippen LogP contribution in [0.1, 0.15) is 24.1 Å².